The van der Waals surface area contributed by atoms with Crippen molar-refractivity contribution in [2.24, 2.45) is 5.92 Å². The van der Waals surface area contributed by atoms with Crippen LogP contribution < -0.4 is 0 Å². The summed E-state index contributed by atoms with van der Waals surface area (Å²) in [6, 6.07) is 13.2. The smallest absolute Gasteiger partial charge is 0.140 e. The Labute approximate surface area is 132 Å². The van der Waals surface area contributed by atoms with E-state index in [2.05, 4.69) is 28.1 Å². The van der Waals surface area contributed by atoms with E-state index in [4.69, 9.17) is 0 Å². The molecule has 0 aromatic heterocycles. The van der Waals surface area contributed by atoms with Crippen molar-refractivity contribution in [1.82, 2.24) is 0 Å². The molecule has 2 aromatic carbocycles. The second kappa shape index (κ2) is 6.10. The van der Waals surface area contributed by atoms with Crippen LogP contribution in [0.15, 0.2) is 46.9 Å². The summed E-state index contributed by atoms with van der Waals surface area (Å²) < 4.78 is 13.9. The van der Waals surface area contributed by atoms with Crippen LogP contribution in [0.3, 0.4) is 0 Å². The van der Waals surface area contributed by atoms with Gasteiger partial charge in [0.15, 0.2) is 0 Å². The van der Waals surface area contributed by atoms with Gasteiger partial charge in [-0.2, -0.15) is 0 Å². The van der Waals surface area contributed by atoms with Gasteiger partial charge in [0.1, 0.15) is 11.6 Å². The number of aryl methyl sites for hydroxylation is 1. The average molecular weight is 347 g/mol. The van der Waals surface area contributed by atoms with Crippen LogP contribution in [-0.4, -0.2) is 5.78 Å². The van der Waals surface area contributed by atoms with Gasteiger partial charge in [0, 0.05) is 12.3 Å². The van der Waals surface area contributed by atoms with Gasteiger partial charge in [0.25, 0.3) is 0 Å². The van der Waals surface area contributed by atoms with Crippen LogP contribution in [0.25, 0.3) is 0 Å². The fourth-order valence-electron chi connectivity index (χ4n) is 2.99. The normalized spacial score (nSPS) is 17.3. The Balaban J connectivity index is 1.74. The van der Waals surface area contributed by atoms with Gasteiger partial charge < -0.3 is 0 Å². The van der Waals surface area contributed by atoms with Crippen molar-refractivity contribution in [2.45, 2.75) is 25.7 Å². The molecule has 0 saturated heterocycles. The SMILES string of the molecule is O=C(Cc1cccc(F)c1Br)C1CCc2ccccc2C1. The largest absolute Gasteiger partial charge is 0.299 e. The molecule has 0 bridgehead atoms. The van der Waals surface area contributed by atoms with Gasteiger partial charge in [0.05, 0.1) is 4.47 Å². The van der Waals surface area contributed by atoms with Gasteiger partial charge in [-0.3, -0.25) is 4.79 Å². The summed E-state index contributed by atoms with van der Waals surface area (Å²) in [6.45, 7) is 0. The van der Waals surface area contributed by atoms with Crippen LogP contribution in [-0.2, 0) is 24.1 Å². The zero-order chi connectivity index (χ0) is 14.8. The second-order valence-electron chi connectivity index (χ2n) is 5.56. The summed E-state index contributed by atoms with van der Waals surface area (Å²) >= 11 is 3.23. The highest BCUT2D eigenvalue weighted by Gasteiger charge is 2.25. The summed E-state index contributed by atoms with van der Waals surface area (Å²) in [7, 11) is 0. The predicted molar refractivity (Wildman–Crippen MR) is 84.8 cm³/mol. The Kier molecular flexibility index (Phi) is 4.20. The first-order valence-corrected chi connectivity index (χ1v) is 7.97. The Morgan fingerprint density at radius 1 is 1.14 bits per heavy atom. The fourth-order valence-corrected chi connectivity index (χ4v) is 3.39. The van der Waals surface area contributed by atoms with Gasteiger partial charge in [-0.25, -0.2) is 4.39 Å². The van der Waals surface area contributed by atoms with Gasteiger partial charge in [-0.05, 0) is 57.9 Å². The molecule has 3 heteroatoms. The molecule has 0 saturated carbocycles. The van der Waals surface area contributed by atoms with Crippen molar-refractivity contribution in [1.29, 1.82) is 0 Å². The molecule has 0 radical (unpaired) electrons. The molecule has 0 heterocycles. The number of Topliss-reactive ketones (excluding diaryl/α,β-unsaturated/α-hetero) is 1. The number of hydrogen-bond acceptors (Lipinski definition) is 1. The second-order valence-corrected chi connectivity index (χ2v) is 6.36. The zero-order valence-electron chi connectivity index (χ0n) is 11.6. The minimum Gasteiger partial charge on any atom is -0.299 e. The van der Waals surface area contributed by atoms with Crippen molar-refractivity contribution >= 4 is 21.7 Å². The van der Waals surface area contributed by atoms with Crippen LogP contribution in [0.2, 0.25) is 0 Å². The van der Waals surface area contributed by atoms with E-state index in [9.17, 15) is 9.18 Å². The lowest BCUT2D eigenvalue weighted by atomic mass is 9.80. The minimum absolute atomic E-state index is 0.0510. The maximum atomic E-state index is 13.5. The molecule has 1 atom stereocenters. The molecule has 0 N–H and O–H groups in total. The highest BCUT2D eigenvalue weighted by Crippen LogP contribution is 2.28. The van der Waals surface area contributed by atoms with Crippen LogP contribution in [0.4, 0.5) is 4.39 Å². The lowest BCUT2D eigenvalue weighted by molar-refractivity contribution is -0.122. The first kappa shape index (κ1) is 14.5. The summed E-state index contributed by atoms with van der Waals surface area (Å²) in [6.07, 6.45) is 2.95. The van der Waals surface area contributed by atoms with Crippen molar-refractivity contribution < 1.29 is 9.18 Å². The molecule has 21 heavy (non-hydrogen) atoms. The quantitative estimate of drug-likeness (QED) is 0.799. The number of carbonyl (C=O) groups excluding carboxylic acids is 1. The lowest BCUT2D eigenvalue weighted by Gasteiger charge is -2.23. The highest BCUT2D eigenvalue weighted by molar-refractivity contribution is 9.10. The molecule has 0 spiro atoms. The van der Waals surface area contributed by atoms with E-state index < -0.39 is 0 Å². The Hall–Kier alpha value is -1.48. The Bertz CT molecular complexity index is 681. The van der Waals surface area contributed by atoms with E-state index in [1.54, 1.807) is 6.07 Å². The molecule has 0 fully saturated rings. The van der Waals surface area contributed by atoms with Gasteiger partial charge in [-0.15, -0.1) is 0 Å². The first-order chi connectivity index (χ1) is 10.1. The molecule has 2 aromatic rings. The van der Waals surface area contributed by atoms with Crippen LogP contribution in [0.5, 0.6) is 0 Å². The van der Waals surface area contributed by atoms with E-state index in [0.717, 1.165) is 24.8 Å². The van der Waals surface area contributed by atoms with E-state index in [1.807, 2.05) is 18.2 Å². The molecule has 3 rings (SSSR count). The molecular formula is C18H16BrFO. The fraction of sp³-hybridized carbons (Fsp3) is 0.278. The van der Waals surface area contributed by atoms with Gasteiger partial charge >= 0.3 is 0 Å². The van der Waals surface area contributed by atoms with E-state index >= 15 is 0 Å². The first-order valence-electron chi connectivity index (χ1n) is 7.17. The van der Waals surface area contributed by atoms with Crippen molar-refractivity contribution in [3.05, 3.63) is 69.4 Å². The number of benzene rings is 2. The molecule has 108 valence electrons. The van der Waals surface area contributed by atoms with E-state index in [0.29, 0.717) is 10.9 Å². The lowest BCUT2D eigenvalue weighted by Crippen LogP contribution is -2.24. The third-order valence-electron chi connectivity index (χ3n) is 4.20. The van der Waals surface area contributed by atoms with Crippen LogP contribution >= 0.6 is 15.9 Å². The number of fused-ring (bicyclic) bond motifs is 1. The van der Waals surface area contributed by atoms with Crippen molar-refractivity contribution in [2.75, 3.05) is 0 Å². The Morgan fingerprint density at radius 2 is 1.90 bits per heavy atom. The predicted octanol–water partition coefficient (Wildman–Crippen LogP) is 4.50. The van der Waals surface area contributed by atoms with Crippen molar-refractivity contribution in [3.63, 3.8) is 0 Å². The number of halogens is 2. The van der Waals surface area contributed by atoms with Crippen LogP contribution in [0.1, 0.15) is 23.1 Å². The topological polar surface area (TPSA) is 17.1 Å². The number of carbonyl (C=O) groups is 1. The Morgan fingerprint density at radius 3 is 2.71 bits per heavy atom. The van der Waals surface area contributed by atoms with E-state index in [-0.39, 0.29) is 17.5 Å². The molecule has 0 amide bonds. The summed E-state index contributed by atoms with van der Waals surface area (Å²) in [4.78, 5) is 12.5. The molecule has 0 aliphatic heterocycles. The third-order valence-corrected chi connectivity index (χ3v) is 5.09. The number of hydrogen-bond donors (Lipinski definition) is 0. The number of rotatable bonds is 3. The monoisotopic (exact) mass is 346 g/mol. The number of ketones is 1. The standard InChI is InChI=1S/C18H16BrFO/c19-18-15(6-3-7-16(18)20)11-17(21)14-9-8-12-4-1-2-5-13(12)10-14/h1-7,14H,8-11H2. The molecule has 1 aliphatic rings. The van der Waals surface area contributed by atoms with Crippen LogP contribution in [0, 0.1) is 11.7 Å². The summed E-state index contributed by atoms with van der Waals surface area (Å²) in [5.74, 6) is -0.0554. The zero-order valence-corrected chi connectivity index (χ0v) is 13.2. The minimum atomic E-state index is -0.311. The maximum absolute atomic E-state index is 13.5. The van der Waals surface area contributed by atoms with E-state index in [1.165, 1.54) is 17.2 Å². The third kappa shape index (κ3) is 3.08. The average Bonchev–Trinajstić information content (AvgIpc) is 2.51. The van der Waals surface area contributed by atoms with Gasteiger partial charge in [0.2, 0.25) is 0 Å². The molecule has 1 unspecified atom stereocenters. The molecular weight excluding hydrogens is 331 g/mol. The van der Waals surface area contributed by atoms with Crippen molar-refractivity contribution in [3.8, 4) is 0 Å². The molecule has 1 nitrogen and oxygen atoms in total. The highest BCUT2D eigenvalue weighted by atomic mass is 79.9. The summed E-state index contributed by atoms with van der Waals surface area (Å²) in [5, 5.41) is 0. The molecule has 1 aliphatic carbocycles. The maximum Gasteiger partial charge on any atom is 0.140 e. The van der Waals surface area contributed by atoms with Gasteiger partial charge in [-0.1, -0.05) is 36.4 Å². The summed E-state index contributed by atoms with van der Waals surface area (Å²) in [5.41, 5.74) is 3.37.